The van der Waals surface area contributed by atoms with Crippen molar-refractivity contribution in [1.29, 1.82) is 0 Å². The van der Waals surface area contributed by atoms with Gasteiger partial charge in [-0.1, -0.05) is 17.3 Å². The van der Waals surface area contributed by atoms with E-state index in [0.29, 0.717) is 12.1 Å². The van der Waals surface area contributed by atoms with E-state index in [-0.39, 0.29) is 31.1 Å². The second kappa shape index (κ2) is 10.8. The lowest BCUT2D eigenvalue weighted by Gasteiger charge is -2.22. The van der Waals surface area contributed by atoms with Gasteiger partial charge in [0, 0.05) is 12.0 Å². The summed E-state index contributed by atoms with van der Waals surface area (Å²) in [6.45, 7) is -0.0754. The van der Waals surface area contributed by atoms with Crippen LogP contribution in [0.1, 0.15) is 22.8 Å². The van der Waals surface area contributed by atoms with Gasteiger partial charge in [0.15, 0.2) is 11.0 Å². The van der Waals surface area contributed by atoms with Gasteiger partial charge in [0.1, 0.15) is 11.5 Å². The number of nitrogens with zero attached hydrogens (tertiary/aromatic N) is 1. The maximum atomic E-state index is 13.1. The van der Waals surface area contributed by atoms with Crippen LogP contribution in [-0.2, 0) is 9.84 Å². The first kappa shape index (κ1) is 29.1. The van der Waals surface area contributed by atoms with Gasteiger partial charge < -0.3 is 14.7 Å². The van der Waals surface area contributed by atoms with Gasteiger partial charge in [0.25, 0.3) is 9.84 Å². The first-order chi connectivity index (χ1) is 16.5. The van der Waals surface area contributed by atoms with Crippen LogP contribution >= 0.6 is 0 Å². The van der Waals surface area contributed by atoms with Crippen molar-refractivity contribution in [1.82, 2.24) is 0 Å². The summed E-state index contributed by atoms with van der Waals surface area (Å²) in [6, 6.07) is 7.28. The molecule has 0 aliphatic rings. The average Bonchev–Trinajstić information content (AvgIpc) is 2.73. The molecule has 1 N–H and O–H groups in total. The van der Waals surface area contributed by atoms with E-state index in [2.05, 4.69) is 5.16 Å². The Morgan fingerprint density at radius 2 is 1.25 bits per heavy atom. The molecule has 16 heteroatoms. The van der Waals surface area contributed by atoms with E-state index in [0.717, 1.165) is 24.3 Å². The largest absolute Gasteiger partial charge is 0.498 e. The van der Waals surface area contributed by atoms with Crippen molar-refractivity contribution in [2.24, 2.45) is 5.16 Å². The van der Waals surface area contributed by atoms with Crippen LogP contribution in [-0.4, -0.2) is 50.4 Å². The van der Waals surface area contributed by atoms with Crippen molar-refractivity contribution < 1.29 is 62.6 Å². The Labute approximate surface area is 197 Å². The van der Waals surface area contributed by atoms with Crippen molar-refractivity contribution >= 4 is 15.5 Å². The molecule has 0 saturated carbocycles. The van der Waals surface area contributed by atoms with Gasteiger partial charge in [0.2, 0.25) is 0 Å². The minimum absolute atomic E-state index is 0.00236. The van der Waals surface area contributed by atoms with E-state index in [1.54, 1.807) is 0 Å². The molecule has 0 saturated heterocycles. The second-order valence-electron chi connectivity index (χ2n) is 7.00. The summed E-state index contributed by atoms with van der Waals surface area (Å²) in [4.78, 5) is 0. The van der Waals surface area contributed by atoms with E-state index >= 15 is 0 Å². The Morgan fingerprint density at radius 3 is 1.61 bits per heavy atom. The summed E-state index contributed by atoms with van der Waals surface area (Å²) < 4.78 is 149. The number of rotatable bonds is 9. The highest BCUT2D eigenvalue weighted by Gasteiger charge is 2.61. The van der Waals surface area contributed by atoms with Gasteiger partial charge in [-0.15, -0.1) is 0 Å². The molecule has 200 valence electrons. The number of ether oxygens (including phenoxy) is 2. The van der Waals surface area contributed by atoms with Gasteiger partial charge >= 0.3 is 17.9 Å². The molecule has 1 atom stereocenters. The van der Waals surface area contributed by atoms with Crippen molar-refractivity contribution in [3.63, 3.8) is 0 Å². The highest BCUT2D eigenvalue weighted by molar-refractivity contribution is 7.92. The van der Waals surface area contributed by atoms with Crippen LogP contribution in [0.25, 0.3) is 0 Å². The zero-order valence-electron chi connectivity index (χ0n) is 17.7. The standard InChI is InChI=1S/C20H16F9NO5S/c21-18(22,23)16(30-31)12-2-6-14(7-3-12)34-10-1-11-35-15-8-4-13(5-9-15)17(19(24,25)26)36(32,33)20(27,28)29/h2-9,17,31H,1,10-11H2. The third-order valence-electron chi connectivity index (χ3n) is 4.44. The Kier molecular flexibility index (Phi) is 8.75. The summed E-state index contributed by atoms with van der Waals surface area (Å²) in [5.74, 6) is 0.114. The topological polar surface area (TPSA) is 85.2 Å². The van der Waals surface area contributed by atoms with Crippen LogP contribution in [0.3, 0.4) is 0 Å². The molecule has 0 bridgehead atoms. The Hall–Kier alpha value is -3.17. The van der Waals surface area contributed by atoms with Gasteiger partial charge in [-0.2, -0.15) is 39.5 Å². The molecule has 0 fully saturated rings. The predicted octanol–water partition coefficient (Wildman–Crippen LogP) is 5.81. The average molecular weight is 553 g/mol. The smallest absolute Gasteiger partial charge is 0.493 e. The molecule has 2 rings (SSSR count). The monoisotopic (exact) mass is 553 g/mol. The lowest BCUT2D eigenvalue weighted by Crippen LogP contribution is -2.37. The highest BCUT2D eigenvalue weighted by Crippen LogP contribution is 2.45. The van der Waals surface area contributed by atoms with Crippen molar-refractivity contribution in [2.45, 2.75) is 29.5 Å². The zero-order chi connectivity index (χ0) is 27.4. The second-order valence-corrected chi connectivity index (χ2v) is 9.03. The fourth-order valence-electron chi connectivity index (χ4n) is 2.84. The lowest BCUT2D eigenvalue weighted by molar-refractivity contribution is -0.136. The van der Waals surface area contributed by atoms with Crippen LogP contribution in [0.4, 0.5) is 39.5 Å². The third-order valence-corrected chi connectivity index (χ3v) is 6.24. The van der Waals surface area contributed by atoms with E-state index in [9.17, 15) is 47.9 Å². The highest BCUT2D eigenvalue weighted by atomic mass is 32.2. The Bertz CT molecular complexity index is 1140. The van der Waals surface area contributed by atoms with Crippen molar-refractivity contribution in [2.75, 3.05) is 13.2 Å². The molecule has 1 unspecified atom stereocenters. The molecule has 0 spiro atoms. The van der Waals surface area contributed by atoms with Crippen molar-refractivity contribution in [3.05, 3.63) is 59.7 Å². The first-order valence-electron chi connectivity index (χ1n) is 9.60. The number of alkyl halides is 9. The normalized spacial score (nSPS) is 14.4. The molecule has 6 nitrogen and oxygen atoms in total. The Balaban J connectivity index is 1.92. The molecule has 0 aromatic heterocycles. The maximum Gasteiger partial charge on any atom is 0.498 e. The quantitative estimate of drug-likeness (QED) is 0.139. The molecule has 0 radical (unpaired) electrons. The molecule has 0 amide bonds. The van der Waals surface area contributed by atoms with Crippen LogP contribution in [0.2, 0.25) is 0 Å². The number of oxime groups is 1. The summed E-state index contributed by atoms with van der Waals surface area (Å²) >= 11 is 0. The van der Waals surface area contributed by atoms with E-state index < -0.39 is 49.8 Å². The minimum atomic E-state index is -6.59. The van der Waals surface area contributed by atoms with E-state index in [4.69, 9.17) is 14.7 Å². The number of benzene rings is 2. The lowest BCUT2D eigenvalue weighted by atomic mass is 10.1. The summed E-state index contributed by atoms with van der Waals surface area (Å²) in [5.41, 5.74) is -9.15. The van der Waals surface area contributed by atoms with Crippen molar-refractivity contribution in [3.8, 4) is 11.5 Å². The number of halogens is 9. The van der Waals surface area contributed by atoms with Gasteiger partial charge in [-0.05, 0) is 42.0 Å². The Morgan fingerprint density at radius 1 is 0.806 bits per heavy atom. The SMILES string of the molecule is O=S(=O)(C(c1ccc(OCCCOc2ccc(C(=NO)C(F)(F)F)cc2)cc1)C(F)(F)F)C(F)(F)F. The fraction of sp³-hybridized carbons (Fsp3) is 0.350. The van der Waals surface area contributed by atoms with Gasteiger partial charge in [0.05, 0.1) is 13.2 Å². The summed E-state index contributed by atoms with van der Waals surface area (Å²) in [6.07, 6.45) is -10.4. The first-order valence-corrected chi connectivity index (χ1v) is 11.1. The molecular weight excluding hydrogens is 537 g/mol. The molecule has 0 aliphatic heterocycles. The fourth-order valence-corrected chi connectivity index (χ4v) is 3.98. The van der Waals surface area contributed by atoms with Crippen LogP contribution < -0.4 is 9.47 Å². The molecule has 0 aliphatic carbocycles. The molecule has 0 heterocycles. The van der Waals surface area contributed by atoms with Gasteiger partial charge in [-0.25, -0.2) is 8.42 Å². The van der Waals surface area contributed by atoms with E-state index in [1.807, 2.05) is 0 Å². The predicted molar refractivity (Wildman–Crippen MR) is 107 cm³/mol. The van der Waals surface area contributed by atoms with Crippen LogP contribution in [0, 0.1) is 0 Å². The third kappa shape index (κ3) is 7.18. The maximum absolute atomic E-state index is 13.1. The minimum Gasteiger partial charge on any atom is -0.493 e. The van der Waals surface area contributed by atoms with Crippen LogP contribution in [0.15, 0.2) is 53.7 Å². The van der Waals surface area contributed by atoms with Gasteiger partial charge in [-0.3, -0.25) is 0 Å². The number of sulfone groups is 1. The number of hydrogen-bond donors (Lipinski definition) is 1. The zero-order valence-corrected chi connectivity index (χ0v) is 18.5. The van der Waals surface area contributed by atoms with Crippen LogP contribution in [0.5, 0.6) is 11.5 Å². The summed E-state index contributed by atoms with van der Waals surface area (Å²) in [5, 5.41) is 6.95. The molecular formula is C20H16F9NO5S. The molecule has 2 aromatic rings. The number of hydrogen-bond acceptors (Lipinski definition) is 6. The molecule has 2 aromatic carbocycles. The molecule has 36 heavy (non-hydrogen) atoms. The van der Waals surface area contributed by atoms with E-state index in [1.165, 1.54) is 12.1 Å². The summed E-state index contributed by atoms with van der Waals surface area (Å²) in [7, 11) is -6.59.